The molecule has 30 heavy (non-hydrogen) atoms. The molecule has 0 radical (unpaired) electrons. The van der Waals surface area contributed by atoms with Crippen LogP contribution in [0.2, 0.25) is 0 Å². The Morgan fingerprint density at radius 2 is 2.00 bits per heavy atom. The van der Waals surface area contributed by atoms with E-state index in [9.17, 15) is 4.79 Å². The number of amides is 1. The number of H-pyrrole nitrogens is 1. The van der Waals surface area contributed by atoms with Crippen molar-refractivity contribution in [2.24, 2.45) is 5.92 Å². The highest BCUT2D eigenvalue weighted by Crippen LogP contribution is 2.25. The number of carbonyl (C=O) groups excluding carboxylic acids is 1. The third-order valence-electron chi connectivity index (χ3n) is 6.12. The average molecular weight is 406 g/mol. The molecule has 1 saturated heterocycles. The Morgan fingerprint density at radius 3 is 2.80 bits per heavy atom. The molecule has 1 amide bonds. The van der Waals surface area contributed by atoms with Crippen molar-refractivity contribution in [1.82, 2.24) is 15.2 Å². The number of benzene rings is 2. The van der Waals surface area contributed by atoms with E-state index in [1.165, 1.54) is 35.0 Å². The van der Waals surface area contributed by atoms with Crippen molar-refractivity contribution in [1.29, 1.82) is 0 Å². The number of likely N-dealkylation sites (tertiary alicyclic amines) is 1. The molecule has 2 heterocycles. The topological polar surface area (TPSA) is 57.4 Å². The highest BCUT2D eigenvalue weighted by atomic mass is 16.5. The molecule has 2 aromatic carbocycles. The largest absolute Gasteiger partial charge is 0.497 e. The van der Waals surface area contributed by atoms with Gasteiger partial charge in [-0.3, -0.25) is 9.69 Å². The van der Waals surface area contributed by atoms with Crippen LogP contribution in [-0.2, 0) is 17.8 Å². The summed E-state index contributed by atoms with van der Waals surface area (Å²) in [5.74, 6) is 1.40. The van der Waals surface area contributed by atoms with E-state index < -0.39 is 0 Å². The molecule has 1 atom stereocenters. The minimum Gasteiger partial charge on any atom is -0.497 e. The number of aromatic nitrogens is 1. The first-order valence-corrected chi connectivity index (χ1v) is 10.8. The molecule has 5 heteroatoms. The van der Waals surface area contributed by atoms with Crippen LogP contribution in [0, 0.1) is 12.8 Å². The van der Waals surface area contributed by atoms with E-state index in [0.717, 1.165) is 37.5 Å². The average Bonchev–Trinajstić information content (AvgIpc) is 3.08. The Morgan fingerprint density at radius 1 is 1.20 bits per heavy atom. The summed E-state index contributed by atoms with van der Waals surface area (Å²) in [6.07, 6.45) is 2.77. The highest BCUT2D eigenvalue weighted by molar-refractivity contribution is 5.84. The van der Waals surface area contributed by atoms with Gasteiger partial charge in [0.15, 0.2) is 0 Å². The van der Waals surface area contributed by atoms with Crippen molar-refractivity contribution in [2.45, 2.75) is 32.7 Å². The number of aromatic amines is 1. The van der Waals surface area contributed by atoms with Gasteiger partial charge >= 0.3 is 0 Å². The van der Waals surface area contributed by atoms with Crippen molar-refractivity contribution in [2.75, 3.05) is 26.7 Å². The number of rotatable bonds is 7. The van der Waals surface area contributed by atoms with Gasteiger partial charge in [-0.1, -0.05) is 30.3 Å². The number of methoxy groups -OCH3 is 1. The van der Waals surface area contributed by atoms with E-state index in [-0.39, 0.29) is 5.91 Å². The van der Waals surface area contributed by atoms with E-state index in [1.54, 1.807) is 7.11 Å². The van der Waals surface area contributed by atoms with Crippen molar-refractivity contribution < 1.29 is 9.53 Å². The van der Waals surface area contributed by atoms with Crippen LogP contribution in [0.3, 0.4) is 0 Å². The second kappa shape index (κ2) is 9.35. The second-order valence-corrected chi connectivity index (χ2v) is 8.35. The predicted octanol–water partition coefficient (Wildman–Crippen LogP) is 4.06. The summed E-state index contributed by atoms with van der Waals surface area (Å²) in [4.78, 5) is 18.4. The summed E-state index contributed by atoms with van der Waals surface area (Å²) < 4.78 is 5.17. The zero-order valence-electron chi connectivity index (χ0n) is 17.9. The van der Waals surface area contributed by atoms with E-state index in [4.69, 9.17) is 4.74 Å². The van der Waals surface area contributed by atoms with Gasteiger partial charge in [0, 0.05) is 36.2 Å². The fourth-order valence-electron chi connectivity index (χ4n) is 4.47. The van der Waals surface area contributed by atoms with Crippen LogP contribution in [0.25, 0.3) is 10.9 Å². The van der Waals surface area contributed by atoms with Crippen LogP contribution in [0.4, 0.5) is 0 Å². The first kappa shape index (κ1) is 20.5. The van der Waals surface area contributed by atoms with E-state index in [1.807, 2.05) is 24.3 Å². The zero-order valence-corrected chi connectivity index (χ0v) is 17.9. The van der Waals surface area contributed by atoms with Crippen molar-refractivity contribution in [3.8, 4) is 5.75 Å². The number of aryl methyl sites for hydroxylation is 1. The molecule has 0 spiro atoms. The van der Waals surface area contributed by atoms with Gasteiger partial charge in [-0.2, -0.15) is 0 Å². The SMILES string of the molecule is COc1ccc(CC(=O)NCC2CCCN(Cc3c(C)[nH]c4ccccc34)C2)cc1. The number of para-hydroxylation sites is 1. The summed E-state index contributed by atoms with van der Waals surface area (Å²) in [5, 5.41) is 4.47. The van der Waals surface area contributed by atoms with Crippen LogP contribution >= 0.6 is 0 Å². The molecule has 1 aliphatic rings. The van der Waals surface area contributed by atoms with Crippen molar-refractivity contribution in [3.63, 3.8) is 0 Å². The molecule has 4 rings (SSSR count). The maximum absolute atomic E-state index is 12.4. The van der Waals surface area contributed by atoms with Gasteiger partial charge in [-0.05, 0) is 61.6 Å². The van der Waals surface area contributed by atoms with Gasteiger partial charge in [0.05, 0.1) is 13.5 Å². The maximum Gasteiger partial charge on any atom is 0.224 e. The molecule has 1 fully saturated rings. The van der Waals surface area contributed by atoms with Gasteiger partial charge in [0.2, 0.25) is 5.91 Å². The number of ether oxygens (including phenoxy) is 1. The number of nitrogens with one attached hydrogen (secondary N) is 2. The minimum absolute atomic E-state index is 0.0877. The summed E-state index contributed by atoms with van der Waals surface area (Å²) in [6.45, 7) is 6.03. The van der Waals surface area contributed by atoms with Crippen LogP contribution < -0.4 is 10.1 Å². The van der Waals surface area contributed by atoms with Gasteiger partial charge in [-0.15, -0.1) is 0 Å². The predicted molar refractivity (Wildman–Crippen MR) is 121 cm³/mol. The second-order valence-electron chi connectivity index (χ2n) is 8.35. The number of fused-ring (bicyclic) bond motifs is 1. The summed E-state index contributed by atoms with van der Waals surface area (Å²) in [6, 6.07) is 16.2. The third kappa shape index (κ3) is 4.85. The Labute approximate surface area is 178 Å². The molecular weight excluding hydrogens is 374 g/mol. The molecule has 158 valence electrons. The number of piperidine rings is 1. The Hall–Kier alpha value is -2.79. The highest BCUT2D eigenvalue weighted by Gasteiger charge is 2.22. The number of hydrogen-bond acceptors (Lipinski definition) is 3. The first-order chi connectivity index (χ1) is 14.6. The zero-order chi connectivity index (χ0) is 20.9. The first-order valence-electron chi connectivity index (χ1n) is 10.8. The lowest BCUT2D eigenvalue weighted by Crippen LogP contribution is -2.40. The normalized spacial score (nSPS) is 17.2. The molecular formula is C25H31N3O2. The minimum atomic E-state index is 0.0877. The molecule has 1 aliphatic heterocycles. The molecule has 1 unspecified atom stereocenters. The standard InChI is InChI=1S/C25H31N3O2/c1-18-23(22-7-3-4-8-24(22)27-18)17-28-13-5-6-20(16-28)15-26-25(29)14-19-9-11-21(30-2)12-10-19/h3-4,7-12,20,27H,5-6,13-17H2,1-2H3,(H,26,29). The van der Waals surface area contributed by atoms with Gasteiger partial charge in [0.25, 0.3) is 0 Å². The molecule has 0 bridgehead atoms. The lowest BCUT2D eigenvalue weighted by atomic mass is 9.97. The quantitative estimate of drug-likeness (QED) is 0.623. The van der Waals surface area contributed by atoms with Crippen LogP contribution in [0.5, 0.6) is 5.75 Å². The molecule has 0 aliphatic carbocycles. The van der Waals surface area contributed by atoms with Gasteiger partial charge < -0.3 is 15.0 Å². The molecule has 3 aromatic rings. The molecule has 2 N–H and O–H groups in total. The van der Waals surface area contributed by atoms with Crippen molar-refractivity contribution in [3.05, 3.63) is 65.4 Å². The smallest absolute Gasteiger partial charge is 0.224 e. The fraction of sp³-hybridized carbons (Fsp3) is 0.400. The molecule has 5 nitrogen and oxygen atoms in total. The number of hydrogen-bond donors (Lipinski definition) is 2. The van der Waals surface area contributed by atoms with Gasteiger partial charge in [-0.25, -0.2) is 0 Å². The lowest BCUT2D eigenvalue weighted by Gasteiger charge is -2.33. The van der Waals surface area contributed by atoms with Crippen molar-refractivity contribution >= 4 is 16.8 Å². The third-order valence-corrected chi connectivity index (χ3v) is 6.12. The monoisotopic (exact) mass is 405 g/mol. The summed E-state index contributed by atoms with van der Waals surface area (Å²) >= 11 is 0. The Balaban J connectivity index is 1.29. The van der Waals surface area contributed by atoms with Crippen LogP contribution in [0.15, 0.2) is 48.5 Å². The van der Waals surface area contributed by atoms with Crippen LogP contribution in [0.1, 0.15) is 29.7 Å². The number of nitrogens with zero attached hydrogens (tertiary/aromatic N) is 1. The molecule has 1 aromatic heterocycles. The molecule has 0 saturated carbocycles. The van der Waals surface area contributed by atoms with Crippen LogP contribution in [-0.4, -0.2) is 42.5 Å². The Kier molecular flexibility index (Phi) is 6.38. The Bertz CT molecular complexity index is 993. The fourth-order valence-corrected chi connectivity index (χ4v) is 4.47. The summed E-state index contributed by atoms with van der Waals surface area (Å²) in [7, 11) is 1.65. The van der Waals surface area contributed by atoms with E-state index in [2.05, 4.69) is 46.4 Å². The van der Waals surface area contributed by atoms with E-state index in [0.29, 0.717) is 12.3 Å². The lowest BCUT2D eigenvalue weighted by molar-refractivity contribution is -0.120. The van der Waals surface area contributed by atoms with E-state index >= 15 is 0 Å². The maximum atomic E-state index is 12.4. The summed E-state index contributed by atoms with van der Waals surface area (Å²) in [5.41, 5.74) is 4.87. The van der Waals surface area contributed by atoms with Gasteiger partial charge in [0.1, 0.15) is 5.75 Å². The number of carbonyl (C=O) groups is 1.